The van der Waals surface area contributed by atoms with Crippen molar-refractivity contribution in [3.63, 3.8) is 0 Å². The third kappa shape index (κ3) is 3.98. The minimum absolute atomic E-state index is 0.0693. The second-order valence-electron chi connectivity index (χ2n) is 4.63. The number of benzene rings is 2. The molecule has 0 spiro atoms. The van der Waals surface area contributed by atoms with Crippen molar-refractivity contribution < 1.29 is 8.42 Å². The molecule has 0 heterocycles. The molecule has 2 aromatic rings. The van der Waals surface area contributed by atoms with Crippen molar-refractivity contribution in [3.05, 3.63) is 54.6 Å². The van der Waals surface area contributed by atoms with Crippen molar-refractivity contribution in [3.8, 4) is 0 Å². The molecule has 0 fully saturated rings. The smallest absolute Gasteiger partial charge is 0.232 e. The molecule has 0 unspecified atom stereocenters. The van der Waals surface area contributed by atoms with E-state index in [0.29, 0.717) is 5.69 Å². The van der Waals surface area contributed by atoms with E-state index < -0.39 is 10.0 Å². The average molecular weight is 304 g/mol. The summed E-state index contributed by atoms with van der Waals surface area (Å²) in [7, 11) is -3.23. The molecule has 2 rings (SSSR count). The SMILES string of the molecule is CCN(c1ccccc1)c1ccc(NS(=O)(=O)CC)cc1. The molecule has 0 amide bonds. The summed E-state index contributed by atoms with van der Waals surface area (Å²) in [5.41, 5.74) is 2.73. The van der Waals surface area contributed by atoms with Crippen molar-refractivity contribution in [2.75, 3.05) is 21.9 Å². The Hall–Kier alpha value is -2.01. The van der Waals surface area contributed by atoms with Gasteiger partial charge in [0.2, 0.25) is 10.0 Å². The molecular weight excluding hydrogens is 284 g/mol. The predicted octanol–water partition coefficient (Wildman–Crippen LogP) is 3.61. The van der Waals surface area contributed by atoms with E-state index in [0.717, 1.165) is 17.9 Å². The molecule has 0 saturated carbocycles. The molecule has 4 nitrogen and oxygen atoms in total. The highest BCUT2D eigenvalue weighted by atomic mass is 32.2. The highest BCUT2D eigenvalue weighted by Crippen LogP contribution is 2.26. The number of nitrogens with one attached hydrogen (secondary N) is 1. The van der Waals surface area contributed by atoms with Crippen molar-refractivity contribution in [1.82, 2.24) is 0 Å². The van der Waals surface area contributed by atoms with Crippen LogP contribution >= 0.6 is 0 Å². The number of sulfonamides is 1. The zero-order valence-electron chi connectivity index (χ0n) is 12.3. The monoisotopic (exact) mass is 304 g/mol. The summed E-state index contributed by atoms with van der Waals surface area (Å²) in [4.78, 5) is 2.16. The fourth-order valence-corrected chi connectivity index (χ4v) is 2.72. The van der Waals surface area contributed by atoms with Gasteiger partial charge in [0.1, 0.15) is 0 Å². The Kier molecular flexibility index (Phi) is 4.85. The van der Waals surface area contributed by atoms with Gasteiger partial charge in [0.15, 0.2) is 0 Å². The zero-order valence-corrected chi connectivity index (χ0v) is 13.1. The second-order valence-corrected chi connectivity index (χ2v) is 6.64. The van der Waals surface area contributed by atoms with Gasteiger partial charge < -0.3 is 4.90 Å². The number of anilines is 3. The fourth-order valence-electron chi connectivity index (χ4n) is 2.08. The van der Waals surface area contributed by atoms with Gasteiger partial charge in [-0.3, -0.25) is 4.72 Å². The van der Waals surface area contributed by atoms with Gasteiger partial charge in [0.25, 0.3) is 0 Å². The van der Waals surface area contributed by atoms with Gasteiger partial charge in [0.05, 0.1) is 5.75 Å². The minimum Gasteiger partial charge on any atom is -0.342 e. The van der Waals surface area contributed by atoms with Gasteiger partial charge in [-0.2, -0.15) is 0 Å². The van der Waals surface area contributed by atoms with E-state index in [2.05, 4.69) is 28.7 Å². The van der Waals surface area contributed by atoms with Crippen molar-refractivity contribution in [1.29, 1.82) is 0 Å². The highest BCUT2D eigenvalue weighted by molar-refractivity contribution is 7.92. The third-order valence-electron chi connectivity index (χ3n) is 3.22. The van der Waals surface area contributed by atoms with Crippen LogP contribution in [0.15, 0.2) is 54.6 Å². The predicted molar refractivity (Wildman–Crippen MR) is 88.6 cm³/mol. The molecule has 0 aromatic heterocycles. The van der Waals surface area contributed by atoms with E-state index in [1.54, 1.807) is 19.1 Å². The molecule has 112 valence electrons. The normalized spacial score (nSPS) is 11.1. The van der Waals surface area contributed by atoms with Gasteiger partial charge in [-0.15, -0.1) is 0 Å². The number of rotatable bonds is 6. The maximum absolute atomic E-state index is 11.5. The molecule has 0 bridgehead atoms. The Labute approximate surface area is 126 Å². The molecule has 0 atom stereocenters. The van der Waals surface area contributed by atoms with Gasteiger partial charge in [-0.25, -0.2) is 8.42 Å². The first-order valence-electron chi connectivity index (χ1n) is 6.99. The topological polar surface area (TPSA) is 49.4 Å². The Morgan fingerprint density at radius 1 is 0.905 bits per heavy atom. The van der Waals surface area contributed by atoms with Gasteiger partial charge in [-0.1, -0.05) is 18.2 Å². The van der Waals surface area contributed by atoms with E-state index in [9.17, 15) is 8.42 Å². The quantitative estimate of drug-likeness (QED) is 0.887. The summed E-state index contributed by atoms with van der Waals surface area (Å²) in [5, 5.41) is 0. The highest BCUT2D eigenvalue weighted by Gasteiger charge is 2.09. The van der Waals surface area contributed by atoms with E-state index in [-0.39, 0.29) is 5.75 Å². The van der Waals surface area contributed by atoms with Gasteiger partial charge >= 0.3 is 0 Å². The molecule has 1 N–H and O–H groups in total. The molecule has 5 heteroatoms. The number of hydrogen-bond donors (Lipinski definition) is 1. The summed E-state index contributed by atoms with van der Waals surface area (Å²) in [6.07, 6.45) is 0. The van der Waals surface area contributed by atoms with Crippen LogP contribution in [0.2, 0.25) is 0 Å². The van der Waals surface area contributed by atoms with Gasteiger partial charge in [0, 0.05) is 23.6 Å². The lowest BCUT2D eigenvalue weighted by Crippen LogP contribution is -2.16. The second kappa shape index (κ2) is 6.63. The standard InChI is InChI=1S/C16H20N2O2S/c1-3-18(15-8-6-5-7-9-15)16-12-10-14(11-13-16)17-21(19,20)4-2/h5-13,17H,3-4H2,1-2H3. The van der Waals surface area contributed by atoms with Crippen LogP contribution in [0.5, 0.6) is 0 Å². The van der Waals surface area contributed by atoms with Crippen LogP contribution in [0.25, 0.3) is 0 Å². The number of para-hydroxylation sites is 1. The number of hydrogen-bond acceptors (Lipinski definition) is 3. The van der Waals surface area contributed by atoms with E-state index in [1.807, 2.05) is 30.3 Å². The van der Waals surface area contributed by atoms with Crippen LogP contribution in [0.1, 0.15) is 13.8 Å². The summed E-state index contributed by atoms with van der Waals surface area (Å²) in [5.74, 6) is 0.0693. The molecular formula is C16H20N2O2S. The van der Waals surface area contributed by atoms with Crippen LogP contribution in [0, 0.1) is 0 Å². The Morgan fingerprint density at radius 3 is 2.00 bits per heavy atom. The molecule has 2 aromatic carbocycles. The van der Waals surface area contributed by atoms with Crippen LogP contribution in [-0.4, -0.2) is 20.7 Å². The average Bonchev–Trinajstić information content (AvgIpc) is 2.50. The molecule has 0 aliphatic carbocycles. The summed E-state index contributed by atoms with van der Waals surface area (Å²) >= 11 is 0. The summed E-state index contributed by atoms with van der Waals surface area (Å²) < 4.78 is 25.6. The van der Waals surface area contributed by atoms with Crippen molar-refractivity contribution in [2.45, 2.75) is 13.8 Å². The van der Waals surface area contributed by atoms with Crippen LogP contribution in [0.4, 0.5) is 17.1 Å². The maximum Gasteiger partial charge on any atom is 0.232 e. The van der Waals surface area contributed by atoms with E-state index in [1.165, 1.54) is 0 Å². The van der Waals surface area contributed by atoms with E-state index >= 15 is 0 Å². The lowest BCUT2D eigenvalue weighted by Gasteiger charge is -2.23. The Balaban J connectivity index is 2.22. The first kappa shape index (κ1) is 15.4. The van der Waals surface area contributed by atoms with Crippen molar-refractivity contribution >= 4 is 27.1 Å². The van der Waals surface area contributed by atoms with Crippen molar-refractivity contribution in [2.24, 2.45) is 0 Å². The first-order chi connectivity index (χ1) is 10.1. The minimum atomic E-state index is -3.23. The lowest BCUT2D eigenvalue weighted by molar-refractivity contribution is 0.602. The maximum atomic E-state index is 11.5. The summed E-state index contributed by atoms with van der Waals surface area (Å²) in [6.45, 7) is 4.54. The molecule has 0 aliphatic rings. The van der Waals surface area contributed by atoms with Crippen LogP contribution in [0.3, 0.4) is 0 Å². The lowest BCUT2D eigenvalue weighted by atomic mass is 10.2. The zero-order chi connectivity index (χ0) is 15.3. The Bertz CT molecular complexity index is 667. The van der Waals surface area contributed by atoms with E-state index in [4.69, 9.17) is 0 Å². The third-order valence-corrected chi connectivity index (χ3v) is 4.52. The Morgan fingerprint density at radius 2 is 1.48 bits per heavy atom. The molecule has 21 heavy (non-hydrogen) atoms. The molecule has 0 saturated heterocycles. The number of nitrogens with zero attached hydrogens (tertiary/aromatic N) is 1. The fraction of sp³-hybridized carbons (Fsp3) is 0.250. The molecule has 0 radical (unpaired) electrons. The first-order valence-corrected chi connectivity index (χ1v) is 8.64. The van der Waals surface area contributed by atoms with Gasteiger partial charge in [-0.05, 0) is 50.2 Å². The molecule has 0 aliphatic heterocycles. The van der Waals surface area contributed by atoms with Crippen LogP contribution < -0.4 is 9.62 Å². The summed E-state index contributed by atoms with van der Waals surface area (Å²) in [6, 6.07) is 17.5. The van der Waals surface area contributed by atoms with Crippen LogP contribution in [-0.2, 0) is 10.0 Å². The largest absolute Gasteiger partial charge is 0.342 e.